The summed E-state index contributed by atoms with van der Waals surface area (Å²) < 4.78 is 38.5. The lowest BCUT2D eigenvalue weighted by molar-refractivity contribution is 0.486. The minimum atomic E-state index is -4.00. The van der Waals surface area contributed by atoms with E-state index in [-0.39, 0.29) is 16.9 Å². The molecule has 2 rings (SSSR count). The molecule has 0 saturated heterocycles. The molecule has 0 spiro atoms. The lowest BCUT2D eigenvalue weighted by atomic mass is 10.2. The molecule has 6 nitrogen and oxygen atoms in total. The molecule has 0 unspecified atom stereocenters. The molecule has 0 saturated carbocycles. The first kappa shape index (κ1) is 16.1. The molecule has 2 N–H and O–H groups in total. The number of nitrogens with two attached hydrogens (primary N) is 1. The molecule has 9 heteroatoms. The molecule has 114 valence electrons. The summed E-state index contributed by atoms with van der Waals surface area (Å²) in [6.45, 7) is 4.18. The summed E-state index contributed by atoms with van der Waals surface area (Å²) in [7, 11) is -4.00. The Balaban J connectivity index is 2.63. The van der Waals surface area contributed by atoms with Gasteiger partial charge in [0.25, 0.3) is 15.2 Å². The molecule has 0 atom stereocenters. The van der Waals surface area contributed by atoms with E-state index >= 15 is 0 Å². The number of halogens is 2. The fourth-order valence-corrected chi connectivity index (χ4v) is 2.75. The lowest BCUT2D eigenvalue weighted by Crippen LogP contribution is -2.20. The van der Waals surface area contributed by atoms with Crippen LogP contribution in [0.25, 0.3) is 11.4 Å². The number of benzene rings is 1. The van der Waals surface area contributed by atoms with Crippen molar-refractivity contribution in [3.05, 3.63) is 28.5 Å². The minimum Gasteiger partial charge on any atom is -0.296 e. The molecule has 2 aromatic rings. The highest BCUT2D eigenvalue weighted by atomic mass is 79.9. The Morgan fingerprint density at radius 3 is 2.57 bits per heavy atom. The van der Waals surface area contributed by atoms with Gasteiger partial charge in [-0.2, -0.15) is 0 Å². The number of primary sulfonamides is 1. The second-order valence-corrected chi connectivity index (χ2v) is 7.29. The molecule has 21 heavy (non-hydrogen) atoms. The molecular formula is C12H14BrFN4O2S. The van der Waals surface area contributed by atoms with Crippen LogP contribution in [0.4, 0.5) is 4.39 Å². The molecule has 1 heterocycles. The molecule has 0 aliphatic carbocycles. The largest absolute Gasteiger partial charge is 0.296 e. The predicted molar refractivity (Wildman–Crippen MR) is 79.3 cm³/mol. The van der Waals surface area contributed by atoms with Crippen molar-refractivity contribution in [3.8, 4) is 11.4 Å². The Labute approximate surface area is 130 Å². The Morgan fingerprint density at radius 2 is 2.05 bits per heavy atom. The SMILES string of the molecule is CC(C)Cn1c(-c2ccc(Br)c(F)c2)nnc1S(N)(=O)=O. The fourth-order valence-electron chi connectivity index (χ4n) is 1.88. The number of aromatic nitrogens is 3. The topological polar surface area (TPSA) is 90.9 Å². The summed E-state index contributed by atoms with van der Waals surface area (Å²) in [4.78, 5) is 0. The third-order valence-electron chi connectivity index (χ3n) is 2.70. The zero-order valence-corrected chi connectivity index (χ0v) is 13.8. The van der Waals surface area contributed by atoms with E-state index in [1.165, 1.54) is 16.7 Å². The van der Waals surface area contributed by atoms with E-state index in [2.05, 4.69) is 26.1 Å². The maximum Gasteiger partial charge on any atom is 0.273 e. The number of rotatable bonds is 4. The summed E-state index contributed by atoms with van der Waals surface area (Å²) in [5, 5.41) is 12.3. The number of sulfonamides is 1. The highest BCUT2D eigenvalue weighted by Crippen LogP contribution is 2.25. The quantitative estimate of drug-likeness (QED) is 0.884. The molecule has 0 aliphatic rings. The van der Waals surface area contributed by atoms with Gasteiger partial charge in [-0.15, -0.1) is 10.2 Å². The zero-order valence-electron chi connectivity index (χ0n) is 11.4. The van der Waals surface area contributed by atoms with Gasteiger partial charge in [0.15, 0.2) is 5.82 Å². The van der Waals surface area contributed by atoms with Gasteiger partial charge in [0.1, 0.15) is 5.82 Å². The highest BCUT2D eigenvalue weighted by Gasteiger charge is 2.23. The van der Waals surface area contributed by atoms with E-state index in [4.69, 9.17) is 5.14 Å². The molecule has 0 bridgehead atoms. The average molecular weight is 377 g/mol. The van der Waals surface area contributed by atoms with Gasteiger partial charge >= 0.3 is 0 Å². The van der Waals surface area contributed by atoms with Gasteiger partial charge in [-0.05, 0) is 40.0 Å². The van der Waals surface area contributed by atoms with E-state index in [1.54, 1.807) is 6.07 Å². The van der Waals surface area contributed by atoms with Crippen molar-refractivity contribution >= 4 is 26.0 Å². The van der Waals surface area contributed by atoms with Crippen LogP contribution in [0.15, 0.2) is 27.8 Å². The first-order valence-corrected chi connectivity index (χ1v) is 8.45. The Kier molecular flexibility index (Phi) is 4.45. The average Bonchev–Trinajstić information content (AvgIpc) is 2.75. The molecule has 1 aromatic carbocycles. The molecule has 0 radical (unpaired) electrons. The fraction of sp³-hybridized carbons (Fsp3) is 0.333. The Bertz CT molecular complexity index is 774. The van der Waals surface area contributed by atoms with Gasteiger partial charge < -0.3 is 0 Å². The number of hydrogen-bond acceptors (Lipinski definition) is 4. The van der Waals surface area contributed by atoms with Crippen LogP contribution in [-0.2, 0) is 16.6 Å². The van der Waals surface area contributed by atoms with Gasteiger partial charge in [-0.3, -0.25) is 4.57 Å². The molecule has 0 fully saturated rings. The van der Waals surface area contributed by atoms with E-state index in [9.17, 15) is 12.8 Å². The van der Waals surface area contributed by atoms with Crippen LogP contribution in [-0.4, -0.2) is 23.2 Å². The van der Waals surface area contributed by atoms with Crippen molar-refractivity contribution in [2.75, 3.05) is 0 Å². The van der Waals surface area contributed by atoms with E-state index in [1.807, 2.05) is 13.8 Å². The van der Waals surface area contributed by atoms with Gasteiger partial charge in [0.05, 0.1) is 4.47 Å². The van der Waals surface area contributed by atoms with Gasteiger partial charge in [0.2, 0.25) is 0 Å². The number of nitrogens with zero attached hydrogens (tertiary/aromatic N) is 3. The van der Waals surface area contributed by atoms with Crippen LogP contribution in [0.3, 0.4) is 0 Å². The highest BCUT2D eigenvalue weighted by molar-refractivity contribution is 9.10. The molecule has 0 amide bonds. The van der Waals surface area contributed by atoms with Crippen LogP contribution in [0.5, 0.6) is 0 Å². The van der Waals surface area contributed by atoms with Crippen LogP contribution < -0.4 is 5.14 Å². The first-order valence-electron chi connectivity index (χ1n) is 6.11. The zero-order chi connectivity index (χ0) is 15.8. The van der Waals surface area contributed by atoms with Crippen molar-refractivity contribution in [1.82, 2.24) is 14.8 Å². The van der Waals surface area contributed by atoms with Crippen molar-refractivity contribution < 1.29 is 12.8 Å². The van der Waals surface area contributed by atoms with E-state index in [0.29, 0.717) is 16.6 Å². The Hall–Kier alpha value is -1.32. The van der Waals surface area contributed by atoms with E-state index in [0.717, 1.165) is 0 Å². The molecular weight excluding hydrogens is 363 g/mol. The first-order chi connectivity index (χ1) is 9.70. The smallest absolute Gasteiger partial charge is 0.273 e. The summed E-state index contributed by atoms with van der Waals surface area (Å²) in [5.74, 6) is -0.0663. The van der Waals surface area contributed by atoms with Crippen LogP contribution in [0.2, 0.25) is 0 Å². The molecule has 0 aliphatic heterocycles. The summed E-state index contributed by atoms with van der Waals surface area (Å²) in [5.41, 5.74) is 0.429. The predicted octanol–water partition coefficient (Wildman–Crippen LogP) is 2.15. The van der Waals surface area contributed by atoms with Crippen molar-refractivity contribution in [3.63, 3.8) is 0 Å². The van der Waals surface area contributed by atoms with Crippen molar-refractivity contribution in [1.29, 1.82) is 0 Å². The van der Waals surface area contributed by atoms with Crippen molar-refractivity contribution in [2.45, 2.75) is 25.5 Å². The maximum absolute atomic E-state index is 13.7. The Morgan fingerprint density at radius 1 is 1.38 bits per heavy atom. The summed E-state index contributed by atoms with van der Waals surface area (Å²) in [6, 6.07) is 4.41. The minimum absolute atomic E-state index is 0.139. The second kappa shape index (κ2) is 5.82. The molecule has 1 aromatic heterocycles. The van der Waals surface area contributed by atoms with Crippen molar-refractivity contribution in [2.24, 2.45) is 11.1 Å². The van der Waals surface area contributed by atoms with Gasteiger partial charge in [-0.25, -0.2) is 17.9 Å². The second-order valence-electron chi connectivity index (χ2n) is 4.98. The number of hydrogen-bond donors (Lipinski definition) is 1. The normalized spacial score (nSPS) is 12.1. The monoisotopic (exact) mass is 376 g/mol. The van der Waals surface area contributed by atoms with E-state index < -0.39 is 15.8 Å². The van der Waals surface area contributed by atoms with Gasteiger partial charge in [0, 0.05) is 12.1 Å². The van der Waals surface area contributed by atoms with Crippen LogP contribution in [0, 0.1) is 11.7 Å². The van der Waals surface area contributed by atoms with Gasteiger partial charge in [-0.1, -0.05) is 13.8 Å². The summed E-state index contributed by atoms with van der Waals surface area (Å²) >= 11 is 3.06. The third-order valence-corrected chi connectivity index (χ3v) is 4.15. The standard InChI is InChI=1S/C12H14BrFN4O2S/c1-7(2)6-18-11(16-17-12(18)21(15,19)20)8-3-4-9(13)10(14)5-8/h3-5,7H,6H2,1-2H3,(H2,15,19,20). The van der Waals surface area contributed by atoms with Crippen LogP contribution in [0.1, 0.15) is 13.8 Å². The van der Waals surface area contributed by atoms with Crippen LogP contribution >= 0.6 is 15.9 Å². The maximum atomic E-state index is 13.7. The summed E-state index contributed by atoms with van der Waals surface area (Å²) in [6.07, 6.45) is 0. The third kappa shape index (κ3) is 3.47. The lowest BCUT2D eigenvalue weighted by Gasteiger charge is -2.12.